The smallest absolute Gasteiger partial charge is 0.340 e. The highest BCUT2D eigenvalue weighted by molar-refractivity contribution is 7.15. The summed E-state index contributed by atoms with van der Waals surface area (Å²) in [6, 6.07) is 4.47. The van der Waals surface area contributed by atoms with Gasteiger partial charge in [-0.05, 0) is 6.07 Å². The zero-order valence-electron chi connectivity index (χ0n) is 11.6. The zero-order chi connectivity index (χ0) is 15.5. The topological polar surface area (TPSA) is 82.8 Å². The summed E-state index contributed by atoms with van der Waals surface area (Å²) in [5.41, 5.74) is 0.500. The quantitative estimate of drug-likeness (QED) is 0.678. The van der Waals surface area contributed by atoms with Gasteiger partial charge in [-0.1, -0.05) is 0 Å². The van der Waals surface area contributed by atoms with Crippen LogP contribution < -0.4 is 10.3 Å². The lowest BCUT2D eigenvalue weighted by molar-refractivity contribution is 0.0467. The first-order chi connectivity index (χ1) is 10.7. The van der Waals surface area contributed by atoms with Gasteiger partial charge in [-0.2, -0.15) is 0 Å². The standard InChI is InChI=1S/C14H11N3O4S/c1-20-11-3-2-9(7-15-11)13(19)21-8-10-6-12(18)17-4-5-22-14(17)16-10/h2-7H,8H2,1H3. The fourth-order valence-corrected chi connectivity index (χ4v) is 2.55. The average Bonchev–Trinajstić information content (AvgIpc) is 3.02. The highest BCUT2D eigenvalue weighted by Gasteiger charge is 2.10. The van der Waals surface area contributed by atoms with E-state index in [4.69, 9.17) is 9.47 Å². The van der Waals surface area contributed by atoms with Crippen LogP contribution in [0.3, 0.4) is 0 Å². The third-order valence-electron chi connectivity index (χ3n) is 2.89. The molecule has 7 nitrogen and oxygen atoms in total. The molecule has 0 spiro atoms. The molecule has 3 aromatic rings. The first kappa shape index (κ1) is 14.2. The molecule has 0 atom stereocenters. The monoisotopic (exact) mass is 317 g/mol. The number of nitrogens with zero attached hydrogens (tertiary/aromatic N) is 3. The highest BCUT2D eigenvalue weighted by Crippen LogP contribution is 2.10. The van der Waals surface area contributed by atoms with Crippen LogP contribution in [0.5, 0.6) is 5.88 Å². The van der Waals surface area contributed by atoms with E-state index < -0.39 is 5.97 Å². The van der Waals surface area contributed by atoms with Crippen LogP contribution in [0, 0.1) is 0 Å². The van der Waals surface area contributed by atoms with Gasteiger partial charge < -0.3 is 9.47 Å². The molecule has 8 heteroatoms. The van der Waals surface area contributed by atoms with Gasteiger partial charge in [0.15, 0.2) is 4.96 Å². The molecule has 0 saturated carbocycles. The molecule has 0 N–H and O–H groups in total. The Kier molecular flexibility index (Phi) is 3.84. The van der Waals surface area contributed by atoms with Crippen LogP contribution >= 0.6 is 11.3 Å². The number of rotatable bonds is 4. The van der Waals surface area contributed by atoms with Crippen molar-refractivity contribution in [2.75, 3.05) is 7.11 Å². The lowest BCUT2D eigenvalue weighted by Gasteiger charge is -2.05. The molecule has 0 aliphatic heterocycles. The van der Waals surface area contributed by atoms with E-state index in [9.17, 15) is 9.59 Å². The van der Waals surface area contributed by atoms with Crippen LogP contribution in [0.15, 0.2) is 40.8 Å². The molecule has 22 heavy (non-hydrogen) atoms. The number of pyridine rings is 1. The molecule has 0 saturated heterocycles. The number of carbonyl (C=O) groups is 1. The van der Waals surface area contributed by atoms with E-state index in [-0.39, 0.29) is 12.2 Å². The largest absolute Gasteiger partial charge is 0.481 e. The second kappa shape index (κ2) is 5.94. The Hall–Kier alpha value is -2.74. The van der Waals surface area contributed by atoms with E-state index in [2.05, 4.69) is 9.97 Å². The minimum absolute atomic E-state index is 0.0749. The summed E-state index contributed by atoms with van der Waals surface area (Å²) in [5, 5.41) is 1.77. The highest BCUT2D eigenvalue weighted by atomic mass is 32.1. The number of aromatic nitrogens is 3. The van der Waals surface area contributed by atoms with Gasteiger partial charge in [-0.3, -0.25) is 9.20 Å². The Morgan fingerprint density at radius 1 is 1.41 bits per heavy atom. The van der Waals surface area contributed by atoms with Gasteiger partial charge in [-0.25, -0.2) is 14.8 Å². The lowest BCUT2D eigenvalue weighted by Crippen LogP contribution is -2.14. The number of fused-ring (bicyclic) bond motifs is 1. The molecule has 3 rings (SSSR count). The Morgan fingerprint density at radius 3 is 3.00 bits per heavy atom. The molecule has 112 valence electrons. The second-order valence-electron chi connectivity index (χ2n) is 4.31. The number of ether oxygens (including phenoxy) is 2. The van der Waals surface area contributed by atoms with Crippen molar-refractivity contribution in [1.29, 1.82) is 0 Å². The molecule has 0 aromatic carbocycles. The number of hydrogen-bond donors (Lipinski definition) is 0. The summed E-state index contributed by atoms with van der Waals surface area (Å²) < 4.78 is 11.5. The molecule has 0 radical (unpaired) electrons. The molecule has 0 bridgehead atoms. The predicted octanol–water partition coefficient (Wildman–Crippen LogP) is 1.52. The molecule has 0 fully saturated rings. The van der Waals surface area contributed by atoms with Crippen molar-refractivity contribution in [1.82, 2.24) is 14.4 Å². The third-order valence-corrected chi connectivity index (χ3v) is 3.65. The number of thiazole rings is 1. The summed E-state index contributed by atoms with van der Waals surface area (Å²) in [5.74, 6) is -0.127. The fourth-order valence-electron chi connectivity index (χ4n) is 1.81. The van der Waals surface area contributed by atoms with E-state index in [1.165, 1.54) is 35.1 Å². The van der Waals surface area contributed by atoms with Crippen LogP contribution in [0.25, 0.3) is 4.96 Å². The normalized spacial score (nSPS) is 10.6. The van der Waals surface area contributed by atoms with Gasteiger partial charge in [0, 0.05) is 29.9 Å². The van der Waals surface area contributed by atoms with Gasteiger partial charge in [-0.15, -0.1) is 11.3 Å². The maximum atomic E-state index is 11.9. The number of esters is 1. The van der Waals surface area contributed by atoms with Crippen molar-refractivity contribution in [3.8, 4) is 5.88 Å². The van der Waals surface area contributed by atoms with Crippen LogP contribution in [-0.2, 0) is 11.3 Å². The predicted molar refractivity (Wildman–Crippen MR) is 79.2 cm³/mol. The van der Waals surface area contributed by atoms with Crippen molar-refractivity contribution in [2.24, 2.45) is 0 Å². The number of hydrogen-bond acceptors (Lipinski definition) is 7. The molecular weight excluding hydrogens is 306 g/mol. The summed E-state index contributed by atoms with van der Waals surface area (Å²) in [6.45, 7) is -0.0749. The van der Waals surface area contributed by atoms with Crippen LogP contribution in [0.2, 0.25) is 0 Å². The Bertz CT molecular complexity index is 870. The SMILES string of the molecule is COc1ccc(C(=O)OCc2cc(=O)n3ccsc3n2)cn1. The van der Waals surface area contributed by atoms with Crippen LogP contribution in [-0.4, -0.2) is 27.4 Å². The summed E-state index contributed by atoms with van der Waals surface area (Å²) >= 11 is 1.34. The number of carbonyl (C=O) groups excluding carboxylic acids is 1. The van der Waals surface area contributed by atoms with Crippen LogP contribution in [0.1, 0.15) is 16.1 Å². The maximum Gasteiger partial charge on any atom is 0.340 e. The molecule has 3 aromatic heterocycles. The van der Waals surface area contributed by atoms with Crippen molar-refractivity contribution < 1.29 is 14.3 Å². The summed E-state index contributed by atoms with van der Waals surface area (Å²) in [4.78, 5) is 32.5. The Labute approximate surface area is 128 Å². The van der Waals surface area contributed by atoms with Crippen LogP contribution in [0.4, 0.5) is 0 Å². The number of methoxy groups -OCH3 is 1. The summed E-state index contributed by atoms with van der Waals surface area (Å²) in [6.07, 6.45) is 3.01. The minimum Gasteiger partial charge on any atom is -0.481 e. The van der Waals surface area contributed by atoms with E-state index in [1.807, 2.05) is 0 Å². The first-order valence-corrected chi connectivity index (χ1v) is 7.18. The molecule has 0 amide bonds. The fraction of sp³-hybridized carbons (Fsp3) is 0.143. The van der Waals surface area contributed by atoms with Crippen molar-refractivity contribution in [3.05, 3.63) is 57.6 Å². The zero-order valence-corrected chi connectivity index (χ0v) is 12.4. The van der Waals surface area contributed by atoms with E-state index in [1.54, 1.807) is 23.7 Å². The van der Waals surface area contributed by atoms with Gasteiger partial charge in [0.1, 0.15) is 6.61 Å². The Balaban J connectivity index is 1.72. The van der Waals surface area contributed by atoms with E-state index >= 15 is 0 Å². The van der Waals surface area contributed by atoms with Crippen molar-refractivity contribution >= 4 is 22.3 Å². The second-order valence-corrected chi connectivity index (χ2v) is 5.18. The van der Waals surface area contributed by atoms with Gasteiger partial charge in [0.05, 0.1) is 18.4 Å². The van der Waals surface area contributed by atoms with E-state index in [0.717, 1.165) is 0 Å². The lowest BCUT2D eigenvalue weighted by atomic mass is 10.3. The third kappa shape index (κ3) is 2.82. The molecule has 0 unspecified atom stereocenters. The molecular formula is C14H11N3O4S. The Morgan fingerprint density at radius 2 is 2.27 bits per heavy atom. The molecule has 0 aliphatic rings. The molecule has 3 heterocycles. The maximum absolute atomic E-state index is 11.9. The minimum atomic E-state index is -0.539. The van der Waals surface area contributed by atoms with Gasteiger partial charge in [0.2, 0.25) is 5.88 Å². The van der Waals surface area contributed by atoms with Crippen molar-refractivity contribution in [3.63, 3.8) is 0 Å². The van der Waals surface area contributed by atoms with Gasteiger partial charge in [0.25, 0.3) is 5.56 Å². The average molecular weight is 317 g/mol. The summed E-state index contributed by atoms with van der Waals surface area (Å²) in [7, 11) is 1.49. The first-order valence-electron chi connectivity index (χ1n) is 6.30. The van der Waals surface area contributed by atoms with Crippen molar-refractivity contribution in [2.45, 2.75) is 6.61 Å². The van der Waals surface area contributed by atoms with Gasteiger partial charge >= 0.3 is 5.97 Å². The van der Waals surface area contributed by atoms with E-state index in [0.29, 0.717) is 22.1 Å². The molecule has 0 aliphatic carbocycles.